The number of para-hydroxylation sites is 2. The predicted molar refractivity (Wildman–Crippen MR) is 130 cm³/mol. The molecule has 1 atom stereocenters. The van der Waals surface area contributed by atoms with Crippen LogP contribution < -0.4 is 20.5 Å². The second-order valence-electron chi connectivity index (χ2n) is 8.18. The molecule has 2 heterocycles. The van der Waals surface area contributed by atoms with E-state index in [-0.39, 0.29) is 24.2 Å². The molecule has 182 valence electrons. The number of morpholine rings is 1. The summed E-state index contributed by atoms with van der Waals surface area (Å²) >= 11 is 0. The molecular formula is C25H32N4O5. The Morgan fingerprint density at radius 3 is 2.35 bits per heavy atom. The van der Waals surface area contributed by atoms with Gasteiger partial charge in [0.1, 0.15) is 6.54 Å². The topological polar surface area (TPSA) is 87.0 Å². The van der Waals surface area contributed by atoms with Crippen molar-refractivity contribution in [1.29, 1.82) is 0 Å². The molecule has 0 aliphatic carbocycles. The molecule has 1 aliphatic rings. The first kappa shape index (κ1) is 23.8. The molecule has 1 aliphatic heterocycles. The third kappa shape index (κ3) is 4.80. The number of carbonyl (C=O) groups is 1. The van der Waals surface area contributed by atoms with Gasteiger partial charge in [-0.1, -0.05) is 18.2 Å². The highest BCUT2D eigenvalue weighted by molar-refractivity contribution is 5.81. The fourth-order valence-corrected chi connectivity index (χ4v) is 4.55. The number of amides is 1. The van der Waals surface area contributed by atoms with Gasteiger partial charge in [-0.15, -0.1) is 0 Å². The van der Waals surface area contributed by atoms with Crippen LogP contribution in [0.5, 0.6) is 11.5 Å². The number of fused-ring (bicyclic) bond motifs is 1. The van der Waals surface area contributed by atoms with Crippen LogP contribution in [0.2, 0.25) is 0 Å². The quantitative estimate of drug-likeness (QED) is 0.517. The summed E-state index contributed by atoms with van der Waals surface area (Å²) in [6.07, 6.45) is 0. The van der Waals surface area contributed by atoms with Crippen LogP contribution >= 0.6 is 0 Å². The third-order valence-electron chi connectivity index (χ3n) is 6.31. The number of aromatic nitrogens is 2. The minimum atomic E-state index is -0.208. The van der Waals surface area contributed by atoms with Crippen LogP contribution in [0.25, 0.3) is 11.0 Å². The lowest BCUT2D eigenvalue weighted by Gasteiger charge is -2.35. The number of ether oxygens (including phenoxy) is 3. The van der Waals surface area contributed by atoms with Gasteiger partial charge in [0, 0.05) is 26.2 Å². The second kappa shape index (κ2) is 10.8. The van der Waals surface area contributed by atoms with Gasteiger partial charge in [0.2, 0.25) is 5.91 Å². The lowest BCUT2D eigenvalue weighted by molar-refractivity contribution is -0.122. The zero-order valence-corrected chi connectivity index (χ0v) is 20.0. The molecule has 1 N–H and O–H groups in total. The molecule has 1 fully saturated rings. The van der Waals surface area contributed by atoms with E-state index in [4.69, 9.17) is 14.2 Å². The summed E-state index contributed by atoms with van der Waals surface area (Å²) in [4.78, 5) is 28.2. The largest absolute Gasteiger partial charge is 0.493 e. The van der Waals surface area contributed by atoms with E-state index in [1.807, 2.05) is 49.4 Å². The third-order valence-corrected chi connectivity index (χ3v) is 6.31. The lowest BCUT2D eigenvalue weighted by Crippen LogP contribution is -2.44. The van der Waals surface area contributed by atoms with Crippen LogP contribution in [0, 0.1) is 0 Å². The summed E-state index contributed by atoms with van der Waals surface area (Å²) in [5, 5.41) is 3.05. The van der Waals surface area contributed by atoms with Gasteiger partial charge in [0.15, 0.2) is 11.5 Å². The van der Waals surface area contributed by atoms with Gasteiger partial charge in [0.25, 0.3) is 0 Å². The number of hydrogen-bond donors (Lipinski definition) is 1. The summed E-state index contributed by atoms with van der Waals surface area (Å²) in [7, 11) is 3.21. The molecule has 3 aromatic rings. The van der Waals surface area contributed by atoms with E-state index in [0.29, 0.717) is 37.8 Å². The maximum atomic E-state index is 13.0. The van der Waals surface area contributed by atoms with Crippen molar-refractivity contribution >= 4 is 16.9 Å². The minimum Gasteiger partial charge on any atom is -0.493 e. The smallest absolute Gasteiger partial charge is 0.329 e. The Balaban J connectivity index is 1.54. The molecule has 0 bridgehead atoms. The number of imidazole rings is 1. The average Bonchev–Trinajstić information content (AvgIpc) is 3.14. The van der Waals surface area contributed by atoms with Crippen molar-refractivity contribution in [3.05, 3.63) is 58.5 Å². The lowest BCUT2D eigenvalue weighted by atomic mass is 10.0. The Morgan fingerprint density at radius 1 is 1.03 bits per heavy atom. The predicted octanol–water partition coefficient (Wildman–Crippen LogP) is 2.03. The minimum absolute atomic E-state index is 0.0336. The highest BCUT2D eigenvalue weighted by atomic mass is 16.5. The van der Waals surface area contributed by atoms with E-state index >= 15 is 0 Å². The fraction of sp³-hybridized carbons (Fsp3) is 0.440. The van der Waals surface area contributed by atoms with E-state index in [0.717, 1.165) is 29.7 Å². The molecule has 1 aromatic heterocycles. The molecule has 4 rings (SSSR count). The molecule has 1 unspecified atom stereocenters. The number of methoxy groups -OCH3 is 2. The Bertz CT molecular complexity index is 1200. The van der Waals surface area contributed by atoms with E-state index in [1.54, 1.807) is 18.8 Å². The van der Waals surface area contributed by atoms with Gasteiger partial charge < -0.3 is 19.5 Å². The monoisotopic (exact) mass is 468 g/mol. The molecular weight excluding hydrogens is 436 g/mol. The van der Waals surface area contributed by atoms with Crippen molar-refractivity contribution in [3.8, 4) is 11.5 Å². The standard InChI is InChI=1S/C25H32N4O5/c1-4-28-19-7-5-6-8-20(19)29(25(28)31)17-24(30)26-16-21(27-11-13-34-14-12-27)18-9-10-22(32-2)23(15-18)33-3/h5-10,15,21H,4,11-14,16-17H2,1-3H3,(H,26,30). The van der Waals surface area contributed by atoms with Crippen LogP contribution in [0.15, 0.2) is 47.3 Å². The van der Waals surface area contributed by atoms with Gasteiger partial charge in [-0.05, 0) is 36.8 Å². The highest BCUT2D eigenvalue weighted by Crippen LogP contribution is 2.32. The second-order valence-corrected chi connectivity index (χ2v) is 8.18. The van der Waals surface area contributed by atoms with Crippen LogP contribution in [-0.4, -0.2) is 67.0 Å². The first-order valence-corrected chi connectivity index (χ1v) is 11.6. The maximum absolute atomic E-state index is 13.0. The summed E-state index contributed by atoms with van der Waals surface area (Å²) in [6, 6.07) is 13.3. The molecule has 0 radical (unpaired) electrons. The van der Waals surface area contributed by atoms with E-state index < -0.39 is 0 Å². The van der Waals surface area contributed by atoms with Crippen molar-refractivity contribution in [2.45, 2.75) is 26.1 Å². The Labute approximate surface area is 198 Å². The Kier molecular flexibility index (Phi) is 7.54. The molecule has 0 saturated carbocycles. The van der Waals surface area contributed by atoms with E-state index in [2.05, 4.69) is 10.2 Å². The van der Waals surface area contributed by atoms with Crippen molar-refractivity contribution < 1.29 is 19.0 Å². The number of hydrogen-bond acceptors (Lipinski definition) is 6. The zero-order valence-electron chi connectivity index (χ0n) is 20.0. The van der Waals surface area contributed by atoms with Gasteiger partial charge in [-0.2, -0.15) is 0 Å². The van der Waals surface area contributed by atoms with Crippen LogP contribution in [0.1, 0.15) is 18.5 Å². The molecule has 2 aromatic carbocycles. The Hall–Kier alpha value is -3.30. The van der Waals surface area contributed by atoms with Crippen LogP contribution in [0.4, 0.5) is 0 Å². The molecule has 9 nitrogen and oxygen atoms in total. The van der Waals surface area contributed by atoms with Crippen molar-refractivity contribution in [1.82, 2.24) is 19.4 Å². The summed E-state index contributed by atoms with van der Waals surface area (Å²) in [6.45, 7) is 5.65. The van der Waals surface area contributed by atoms with Crippen LogP contribution in [-0.2, 0) is 22.6 Å². The molecule has 0 spiro atoms. The van der Waals surface area contributed by atoms with Gasteiger partial charge in [0.05, 0.1) is 44.5 Å². The van der Waals surface area contributed by atoms with E-state index in [9.17, 15) is 9.59 Å². The zero-order chi connectivity index (χ0) is 24.1. The molecule has 1 amide bonds. The first-order valence-electron chi connectivity index (χ1n) is 11.6. The molecule has 1 saturated heterocycles. The SMILES string of the molecule is CCn1c(=O)n(CC(=O)NCC(c2ccc(OC)c(OC)c2)N2CCOCC2)c2ccccc21. The average molecular weight is 469 g/mol. The summed E-state index contributed by atoms with van der Waals surface area (Å²) in [5.74, 6) is 1.09. The van der Waals surface area contributed by atoms with E-state index in [1.165, 1.54) is 4.57 Å². The number of carbonyl (C=O) groups excluding carboxylic acids is 1. The highest BCUT2D eigenvalue weighted by Gasteiger charge is 2.25. The summed E-state index contributed by atoms with van der Waals surface area (Å²) in [5.41, 5.74) is 2.43. The van der Waals surface area contributed by atoms with Gasteiger partial charge >= 0.3 is 5.69 Å². The van der Waals surface area contributed by atoms with Crippen molar-refractivity contribution in [2.24, 2.45) is 0 Å². The van der Waals surface area contributed by atoms with Crippen molar-refractivity contribution in [3.63, 3.8) is 0 Å². The first-order chi connectivity index (χ1) is 16.6. The number of nitrogens with one attached hydrogen (secondary N) is 1. The summed E-state index contributed by atoms with van der Waals surface area (Å²) < 4.78 is 19.6. The van der Waals surface area contributed by atoms with Crippen molar-refractivity contribution in [2.75, 3.05) is 47.1 Å². The normalized spacial score (nSPS) is 15.3. The fourth-order valence-electron chi connectivity index (χ4n) is 4.55. The number of nitrogens with zero attached hydrogens (tertiary/aromatic N) is 3. The number of benzene rings is 2. The van der Waals surface area contributed by atoms with Gasteiger partial charge in [-0.3, -0.25) is 18.8 Å². The maximum Gasteiger partial charge on any atom is 0.329 e. The van der Waals surface area contributed by atoms with Gasteiger partial charge in [-0.25, -0.2) is 4.79 Å². The molecule has 9 heteroatoms. The number of rotatable bonds is 9. The molecule has 34 heavy (non-hydrogen) atoms. The van der Waals surface area contributed by atoms with Crippen LogP contribution in [0.3, 0.4) is 0 Å². The number of aryl methyl sites for hydroxylation is 1. The Morgan fingerprint density at radius 2 is 1.71 bits per heavy atom.